The average molecular weight is 256 g/mol. The normalized spacial score (nSPS) is 23.9. The molecule has 1 N–H and O–H groups in total. The van der Waals surface area contributed by atoms with Gasteiger partial charge in [-0.3, -0.25) is 4.79 Å². The van der Waals surface area contributed by atoms with Crippen molar-refractivity contribution >= 4 is 5.91 Å². The molecule has 2 rings (SSSR count). The molecule has 5 heteroatoms. The molecule has 0 aromatic heterocycles. The molecule has 1 aliphatic carbocycles. The van der Waals surface area contributed by atoms with E-state index in [9.17, 15) is 4.79 Å². The molecule has 2 fully saturated rings. The van der Waals surface area contributed by atoms with E-state index in [4.69, 9.17) is 9.47 Å². The Labute approximate surface area is 109 Å². The van der Waals surface area contributed by atoms with E-state index in [1.807, 2.05) is 7.05 Å². The van der Waals surface area contributed by atoms with E-state index in [0.717, 1.165) is 25.7 Å². The number of carbonyl (C=O) groups excluding carboxylic acids is 1. The molecule has 18 heavy (non-hydrogen) atoms. The molecule has 0 aromatic rings. The van der Waals surface area contributed by atoms with Crippen LogP contribution in [0.25, 0.3) is 0 Å². The van der Waals surface area contributed by atoms with Gasteiger partial charge in [-0.05, 0) is 18.8 Å². The molecule has 1 atom stereocenters. The molecule has 0 spiro atoms. The minimum Gasteiger partial charge on any atom is -0.379 e. The molecule has 1 aliphatic heterocycles. The standard InChI is InChI=1S/C13H24N2O3/c1-15(5-7-18-9-11-2-3-11)13(16)8-12-10-17-6-4-14-12/h11-12,14H,2-10H2,1H3. The first-order chi connectivity index (χ1) is 8.75. The molecule has 0 radical (unpaired) electrons. The van der Waals surface area contributed by atoms with Gasteiger partial charge in [0.1, 0.15) is 0 Å². The lowest BCUT2D eigenvalue weighted by molar-refractivity contribution is -0.131. The Morgan fingerprint density at radius 3 is 3.00 bits per heavy atom. The summed E-state index contributed by atoms with van der Waals surface area (Å²) in [5.41, 5.74) is 0. The van der Waals surface area contributed by atoms with Crippen LogP contribution in [0.4, 0.5) is 0 Å². The van der Waals surface area contributed by atoms with Crippen molar-refractivity contribution in [2.45, 2.75) is 25.3 Å². The second-order valence-corrected chi connectivity index (χ2v) is 5.26. The van der Waals surface area contributed by atoms with Crippen LogP contribution in [0.1, 0.15) is 19.3 Å². The van der Waals surface area contributed by atoms with E-state index in [-0.39, 0.29) is 11.9 Å². The Morgan fingerprint density at radius 1 is 1.50 bits per heavy atom. The fourth-order valence-corrected chi connectivity index (χ4v) is 1.98. The van der Waals surface area contributed by atoms with E-state index >= 15 is 0 Å². The number of nitrogens with zero attached hydrogens (tertiary/aromatic N) is 1. The quantitative estimate of drug-likeness (QED) is 0.663. The van der Waals surface area contributed by atoms with Gasteiger partial charge in [0.2, 0.25) is 5.91 Å². The van der Waals surface area contributed by atoms with Crippen LogP contribution in [0.5, 0.6) is 0 Å². The van der Waals surface area contributed by atoms with Gasteiger partial charge in [-0.2, -0.15) is 0 Å². The zero-order valence-corrected chi connectivity index (χ0v) is 11.2. The number of rotatable bonds is 7. The number of ether oxygens (including phenoxy) is 2. The number of hydrogen-bond acceptors (Lipinski definition) is 4. The highest BCUT2D eigenvalue weighted by Crippen LogP contribution is 2.28. The van der Waals surface area contributed by atoms with Crippen LogP contribution in [-0.4, -0.2) is 63.4 Å². The summed E-state index contributed by atoms with van der Waals surface area (Å²) < 4.78 is 10.9. The lowest BCUT2D eigenvalue weighted by Gasteiger charge is -2.25. The van der Waals surface area contributed by atoms with Crippen molar-refractivity contribution in [3.05, 3.63) is 0 Å². The number of hydrogen-bond donors (Lipinski definition) is 1. The van der Waals surface area contributed by atoms with E-state index in [1.54, 1.807) is 4.90 Å². The van der Waals surface area contributed by atoms with Crippen molar-refractivity contribution in [2.24, 2.45) is 5.92 Å². The fraction of sp³-hybridized carbons (Fsp3) is 0.923. The first-order valence-electron chi connectivity index (χ1n) is 6.88. The van der Waals surface area contributed by atoms with Crippen molar-refractivity contribution in [3.8, 4) is 0 Å². The third-order valence-corrected chi connectivity index (χ3v) is 3.47. The Balaban J connectivity index is 1.54. The summed E-state index contributed by atoms with van der Waals surface area (Å²) in [7, 11) is 1.84. The smallest absolute Gasteiger partial charge is 0.224 e. The number of morpholine rings is 1. The first-order valence-corrected chi connectivity index (χ1v) is 6.88. The SMILES string of the molecule is CN(CCOCC1CC1)C(=O)CC1COCCN1. The maximum Gasteiger partial charge on any atom is 0.224 e. The summed E-state index contributed by atoms with van der Waals surface area (Å²) in [6.07, 6.45) is 3.13. The van der Waals surface area contributed by atoms with Crippen LogP contribution in [0, 0.1) is 5.92 Å². The Bertz CT molecular complexity index is 263. The fourth-order valence-electron chi connectivity index (χ4n) is 1.98. The lowest BCUT2D eigenvalue weighted by Crippen LogP contribution is -2.44. The highest BCUT2D eigenvalue weighted by Gasteiger charge is 2.22. The average Bonchev–Trinajstić information content (AvgIpc) is 3.19. The summed E-state index contributed by atoms with van der Waals surface area (Å²) in [5.74, 6) is 0.947. The second kappa shape index (κ2) is 7.07. The molecule has 2 aliphatic rings. The second-order valence-electron chi connectivity index (χ2n) is 5.26. The molecule has 1 amide bonds. The van der Waals surface area contributed by atoms with Gasteiger partial charge in [0.25, 0.3) is 0 Å². The van der Waals surface area contributed by atoms with E-state index in [1.165, 1.54) is 12.8 Å². The monoisotopic (exact) mass is 256 g/mol. The molecule has 0 aromatic carbocycles. The zero-order chi connectivity index (χ0) is 12.8. The highest BCUT2D eigenvalue weighted by molar-refractivity contribution is 5.76. The molecule has 1 heterocycles. The first kappa shape index (κ1) is 13.8. The van der Waals surface area contributed by atoms with E-state index in [0.29, 0.717) is 26.2 Å². The predicted molar refractivity (Wildman–Crippen MR) is 68.4 cm³/mol. The number of likely N-dealkylation sites (N-methyl/N-ethyl adjacent to an activating group) is 1. The van der Waals surface area contributed by atoms with Gasteiger partial charge in [-0.1, -0.05) is 0 Å². The van der Waals surface area contributed by atoms with Gasteiger partial charge >= 0.3 is 0 Å². The van der Waals surface area contributed by atoms with Gasteiger partial charge in [0.05, 0.1) is 19.8 Å². The predicted octanol–water partition coefficient (Wildman–Crippen LogP) is 0.250. The topological polar surface area (TPSA) is 50.8 Å². The van der Waals surface area contributed by atoms with Crippen LogP contribution in [0.2, 0.25) is 0 Å². The summed E-state index contributed by atoms with van der Waals surface area (Å²) >= 11 is 0. The maximum absolute atomic E-state index is 11.9. The molecule has 1 saturated heterocycles. The molecule has 104 valence electrons. The van der Waals surface area contributed by atoms with Gasteiger partial charge in [0, 0.05) is 39.2 Å². The Morgan fingerprint density at radius 2 is 2.33 bits per heavy atom. The Hall–Kier alpha value is -0.650. The molecular weight excluding hydrogens is 232 g/mol. The molecule has 0 bridgehead atoms. The molecule has 1 saturated carbocycles. The molecule has 5 nitrogen and oxygen atoms in total. The maximum atomic E-state index is 11.9. The van der Waals surface area contributed by atoms with Crippen molar-refractivity contribution in [1.82, 2.24) is 10.2 Å². The van der Waals surface area contributed by atoms with Crippen molar-refractivity contribution in [1.29, 1.82) is 0 Å². The van der Waals surface area contributed by atoms with Gasteiger partial charge in [-0.25, -0.2) is 0 Å². The van der Waals surface area contributed by atoms with Gasteiger partial charge in [0.15, 0.2) is 0 Å². The van der Waals surface area contributed by atoms with Crippen LogP contribution in [0.15, 0.2) is 0 Å². The highest BCUT2D eigenvalue weighted by atomic mass is 16.5. The van der Waals surface area contributed by atoms with Crippen LogP contribution < -0.4 is 5.32 Å². The third-order valence-electron chi connectivity index (χ3n) is 3.47. The van der Waals surface area contributed by atoms with Crippen molar-refractivity contribution < 1.29 is 14.3 Å². The van der Waals surface area contributed by atoms with Crippen molar-refractivity contribution in [2.75, 3.05) is 46.6 Å². The number of nitrogens with one attached hydrogen (secondary N) is 1. The summed E-state index contributed by atoms with van der Waals surface area (Å²) in [6, 6.07) is 0.168. The van der Waals surface area contributed by atoms with E-state index in [2.05, 4.69) is 5.32 Å². The number of amides is 1. The zero-order valence-electron chi connectivity index (χ0n) is 11.2. The van der Waals surface area contributed by atoms with E-state index < -0.39 is 0 Å². The van der Waals surface area contributed by atoms with Crippen LogP contribution in [-0.2, 0) is 14.3 Å². The third kappa shape index (κ3) is 4.92. The van der Waals surface area contributed by atoms with Crippen molar-refractivity contribution in [3.63, 3.8) is 0 Å². The van der Waals surface area contributed by atoms with Crippen LogP contribution in [0.3, 0.4) is 0 Å². The van der Waals surface area contributed by atoms with Gasteiger partial charge < -0.3 is 19.7 Å². The summed E-state index contributed by atoms with van der Waals surface area (Å²) in [5, 5.41) is 3.29. The number of carbonyl (C=O) groups is 1. The minimum absolute atomic E-state index is 0.160. The largest absolute Gasteiger partial charge is 0.379 e. The van der Waals surface area contributed by atoms with Crippen LogP contribution >= 0.6 is 0 Å². The summed E-state index contributed by atoms with van der Waals surface area (Å²) in [4.78, 5) is 13.7. The van der Waals surface area contributed by atoms with Gasteiger partial charge in [-0.15, -0.1) is 0 Å². The summed E-state index contributed by atoms with van der Waals surface area (Å²) in [6.45, 7) is 4.41. The minimum atomic E-state index is 0.160. The Kier molecular flexibility index (Phi) is 5.41. The molecular formula is C13H24N2O3. The lowest BCUT2D eigenvalue weighted by atomic mass is 10.2. The molecule has 1 unspecified atom stereocenters.